The maximum absolute atomic E-state index is 13.3. The first-order chi connectivity index (χ1) is 11.5. The standard InChI is InChI=1S/C19H19FN2OS/c1-3-12-4-9-17-15(10-12)16-11-19(2,23-17)22(18(24)21-16)14-7-5-13(20)6-8-14/h4-10,16H,3,11H2,1-2H3,(H,21,24). The molecule has 1 N–H and O–H groups in total. The molecular formula is C19H19FN2OS. The van der Waals surface area contributed by atoms with E-state index in [2.05, 4.69) is 24.4 Å². The van der Waals surface area contributed by atoms with E-state index in [0.717, 1.165) is 29.8 Å². The maximum atomic E-state index is 13.3. The number of fused-ring (bicyclic) bond motifs is 4. The van der Waals surface area contributed by atoms with E-state index in [1.807, 2.05) is 17.9 Å². The van der Waals surface area contributed by atoms with Gasteiger partial charge in [-0.05, 0) is 61.5 Å². The Balaban J connectivity index is 1.77. The second-order valence-corrected chi connectivity index (χ2v) is 6.91. The zero-order chi connectivity index (χ0) is 16.9. The second-order valence-electron chi connectivity index (χ2n) is 6.52. The van der Waals surface area contributed by atoms with Crippen LogP contribution in [0, 0.1) is 5.82 Å². The number of hydrogen-bond acceptors (Lipinski definition) is 2. The van der Waals surface area contributed by atoms with Crippen LogP contribution in [0.4, 0.5) is 10.1 Å². The summed E-state index contributed by atoms with van der Waals surface area (Å²) in [6.07, 6.45) is 1.76. The molecule has 1 saturated heterocycles. The largest absolute Gasteiger partial charge is 0.467 e. The second kappa shape index (κ2) is 5.45. The fraction of sp³-hybridized carbons (Fsp3) is 0.316. The number of hydrogen-bond donors (Lipinski definition) is 1. The quantitative estimate of drug-likeness (QED) is 0.822. The Kier molecular flexibility index (Phi) is 3.49. The van der Waals surface area contributed by atoms with Crippen LogP contribution >= 0.6 is 12.2 Å². The summed E-state index contributed by atoms with van der Waals surface area (Å²) in [7, 11) is 0. The summed E-state index contributed by atoms with van der Waals surface area (Å²) in [5.41, 5.74) is 2.68. The summed E-state index contributed by atoms with van der Waals surface area (Å²) in [4.78, 5) is 1.94. The lowest BCUT2D eigenvalue weighted by Gasteiger charge is -2.52. The number of nitrogens with zero attached hydrogens (tertiary/aromatic N) is 1. The van der Waals surface area contributed by atoms with Gasteiger partial charge in [-0.1, -0.05) is 19.1 Å². The van der Waals surface area contributed by atoms with Gasteiger partial charge in [0, 0.05) is 17.7 Å². The molecule has 0 spiro atoms. The topological polar surface area (TPSA) is 24.5 Å². The van der Waals surface area contributed by atoms with Crippen LogP contribution in [0.1, 0.15) is 37.4 Å². The molecule has 0 aliphatic carbocycles. The van der Waals surface area contributed by atoms with E-state index in [-0.39, 0.29) is 11.9 Å². The first-order valence-corrected chi connectivity index (χ1v) is 8.59. The zero-order valence-electron chi connectivity index (χ0n) is 13.7. The minimum absolute atomic E-state index is 0.134. The van der Waals surface area contributed by atoms with Crippen LogP contribution in [-0.2, 0) is 6.42 Å². The predicted molar refractivity (Wildman–Crippen MR) is 96.8 cm³/mol. The Morgan fingerprint density at radius 2 is 2.04 bits per heavy atom. The molecule has 2 atom stereocenters. The number of halogens is 1. The molecule has 5 heteroatoms. The highest BCUT2D eigenvalue weighted by atomic mass is 32.1. The molecule has 0 amide bonds. The van der Waals surface area contributed by atoms with Gasteiger partial charge in [-0.25, -0.2) is 4.39 Å². The molecule has 3 nitrogen and oxygen atoms in total. The Morgan fingerprint density at radius 3 is 2.75 bits per heavy atom. The Bertz CT molecular complexity index is 808. The molecule has 124 valence electrons. The van der Waals surface area contributed by atoms with E-state index in [9.17, 15) is 4.39 Å². The minimum Gasteiger partial charge on any atom is -0.467 e. The van der Waals surface area contributed by atoms with Crippen LogP contribution in [-0.4, -0.2) is 10.8 Å². The van der Waals surface area contributed by atoms with Gasteiger partial charge in [0.2, 0.25) is 0 Å². The summed E-state index contributed by atoms with van der Waals surface area (Å²) < 4.78 is 19.6. The van der Waals surface area contributed by atoms with Crippen molar-refractivity contribution in [2.24, 2.45) is 0 Å². The van der Waals surface area contributed by atoms with Crippen LogP contribution in [0.15, 0.2) is 42.5 Å². The molecule has 1 fully saturated rings. The van der Waals surface area contributed by atoms with E-state index in [0.29, 0.717) is 5.11 Å². The van der Waals surface area contributed by atoms with E-state index in [1.165, 1.54) is 17.7 Å². The monoisotopic (exact) mass is 342 g/mol. The van der Waals surface area contributed by atoms with E-state index >= 15 is 0 Å². The van der Waals surface area contributed by atoms with Gasteiger partial charge in [0.05, 0.1) is 6.04 Å². The summed E-state index contributed by atoms with van der Waals surface area (Å²) in [6.45, 7) is 4.18. The molecule has 0 radical (unpaired) electrons. The number of aryl methyl sites for hydroxylation is 1. The van der Waals surface area contributed by atoms with Gasteiger partial charge in [0.1, 0.15) is 11.6 Å². The Hall–Kier alpha value is -2.14. The molecule has 0 saturated carbocycles. The molecule has 24 heavy (non-hydrogen) atoms. The van der Waals surface area contributed by atoms with Crippen molar-refractivity contribution in [3.8, 4) is 5.75 Å². The first-order valence-electron chi connectivity index (χ1n) is 8.18. The lowest BCUT2D eigenvalue weighted by atomic mass is 9.89. The summed E-state index contributed by atoms with van der Waals surface area (Å²) in [6, 6.07) is 12.8. The van der Waals surface area contributed by atoms with Crippen LogP contribution in [0.3, 0.4) is 0 Å². The van der Waals surface area contributed by atoms with Crippen molar-refractivity contribution < 1.29 is 9.13 Å². The third kappa shape index (κ3) is 2.35. The van der Waals surface area contributed by atoms with Gasteiger partial charge in [-0.2, -0.15) is 0 Å². The summed E-state index contributed by atoms with van der Waals surface area (Å²) >= 11 is 5.60. The molecule has 2 heterocycles. The maximum Gasteiger partial charge on any atom is 0.188 e. The van der Waals surface area contributed by atoms with E-state index in [4.69, 9.17) is 17.0 Å². The zero-order valence-corrected chi connectivity index (χ0v) is 14.5. The fourth-order valence-electron chi connectivity index (χ4n) is 3.62. The number of anilines is 1. The number of benzene rings is 2. The van der Waals surface area contributed by atoms with Crippen molar-refractivity contribution >= 4 is 23.0 Å². The highest BCUT2D eigenvalue weighted by Crippen LogP contribution is 2.45. The van der Waals surface area contributed by atoms with Crippen molar-refractivity contribution in [1.29, 1.82) is 0 Å². The number of thiocarbonyl (C=S) groups is 1. The molecule has 2 aliphatic rings. The lowest BCUT2D eigenvalue weighted by molar-refractivity contribution is 0.0497. The van der Waals surface area contributed by atoms with E-state index in [1.54, 1.807) is 12.1 Å². The normalized spacial score (nSPS) is 24.9. The van der Waals surface area contributed by atoms with Crippen molar-refractivity contribution in [3.05, 3.63) is 59.4 Å². The smallest absolute Gasteiger partial charge is 0.188 e. The highest BCUT2D eigenvalue weighted by Gasteiger charge is 2.48. The van der Waals surface area contributed by atoms with Crippen molar-refractivity contribution in [2.75, 3.05) is 4.90 Å². The number of ether oxygens (including phenoxy) is 1. The van der Waals surface area contributed by atoms with Gasteiger partial charge in [0.15, 0.2) is 10.8 Å². The van der Waals surface area contributed by atoms with Crippen molar-refractivity contribution in [3.63, 3.8) is 0 Å². The predicted octanol–water partition coefficient (Wildman–Crippen LogP) is 4.32. The third-order valence-electron chi connectivity index (χ3n) is 4.83. The fourth-order valence-corrected chi connectivity index (χ4v) is 4.07. The number of rotatable bonds is 2. The average Bonchev–Trinajstić information content (AvgIpc) is 2.55. The van der Waals surface area contributed by atoms with Gasteiger partial charge in [-0.15, -0.1) is 0 Å². The van der Waals surface area contributed by atoms with Crippen molar-refractivity contribution in [1.82, 2.24) is 5.32 Å². The van der Waals surface area contributed by atoms with Gasteiger partial charge in [0.25, 0.3) is 0 Å². The molecule has 2 unspecified atom stereocenters. The summed E-state index contributed by atoms with van der Waals surface area (Å²) in [5, 5.41) is 4.03. The SMILES string of the molecule is CCc1ccc2c(c1)C1CC(C)(O2)N(c2ccc(F)cc2)C(=S)N1. The molecule has 4 rings (SSSR count). The van der Waals surface area contributed by atoms with Crippen molar-refractivity contribution in [2.45, 2.75) is 38.5 Å². The third-order valence-corrected chi connectivity index (χ3v) is 5.13. The molecule has 2 aliphatic heterocycles. The number of nitrogens with one attached hydrogen (secondary N) is 1. The van der Waals surface area contributed by atoms with Crippen LogP contribution < -0.4 is 15.0 Å². The minimum atomic E-state index is -0.592. The van der Waals surface area contributed by atoms with E-state index < -0.39 is 5.72 Å². The summed E-state index contributed by atoms with van der Waals surface area (Å²) in [5.74, 6) is 0.618. The Labute approximate surface area is 146 Å². The molecule has 2 bridgehead atoms. The average molecular weight is 342 g/mol. The molecule has 2 aromatic carbocycles. The molecular weight excluding hydrogens is 323 g/mol. The Morgan fingerprint density at radius 1 is 1.29 bits per heavy atom. The highest BCUT2D eigenvalue weighted by molar-refractivity contribution is 7.80. The molecule has 0 aromatic heterocycles. The van der Waals surface area contributed by atoms with Gasteiger partial charge in [-0.3, -0.25) is 4.90 Å². The van der Waals surface area contributed by atoms with Crippen LogP contribution in [0.5, 0.6) is 5.75 Å². The van der Waals surface area contributed by atoms with Gasteiger partial charge >= 0.3 is 0 Å². The van der Waals surface area contributed by atoms with Crippen LogP contribution in [0.25, 0.3) is 0 Å². The lowest BCUT2D eigenvalue weighted by Crippen LogP contribution is -2.65. The first kappa shape index (κ1) is 15.4. The molecule has 2 aromatic rings. The van der Waals surface area contributed by atoms with Gasteiger partial charge < -0.3 is 10.1 Å². The van der Waals surface area contributed by atoms with Crippen LogP contribution in [0.2, 0.25) is 0 Å².